The Balaban J connectivity index is 2.48. The molecular weight excluding hydrogens is 392 g/mol. The summed E-state index contributed by atoms with van der Waals surface area (Å²) in [6, 6.07) is 3.40. The molecule has 25 heavy (non-hydrogen) atoms. The number of Topliss-reactive ketones (excluding diaryl/α,β-unsaturated/α-hetero) is 1. The van der Waals surface area contributed by atoms with E-state index in [0.29, 0.717) is 11.3 Å². The number of hydrogen-bond acceptors (Lipinski definition) is 6. The molecule has 1 aliphatic heterocycles. The summed E-state index contributed by atoms with van der Waals surface area (Å²) in [5, 5.41) is 12.0. The predicted molar refractivity (Wildman–Crippen MR) is 95.2 cm³/mol. The molecule has 0 radical (unpaired) electrons. The fourth-order valence-electron chi connectivity index (χ4n) is 2.56. The molecular formula is C17H19BrN2O5. The minimum Gasteiger partial charge on any atom is -0.466 e. The summed E-state index contributed by atoms with van der Waals surface area (Å²) >= 11 is 3.38. The van der Waals surface area contributed by atoms with Crippen molar-refractivity contribution < 1.29 is 24.2 Å². The van der Waals surface area contributed by atoms with Crippen molar-refractivity contribution in [1.82, 2.24) is 4.90 Å². The van der Waals surface area contributed by atoms with Gasteiger partial charge >= 0.3 is 5.97 Å². The number of nitrogens with zero attached hydrogens (tertiary/aromatic N) is 1. The summed E-state index contributed by atoms with van der Waals surface area (Å²) in [7, 11) is 1.23. The maximum absolute atomic E-state index is 12.6. The average molecular weight is 411 g/mol. The summed E-state index contributed by atoms with van der Waals surface area (Å²) in [5.74, 6) is -1.24. The first-order valence-electron chi connectivity index (χ1n) is 7.59. The van der Waals surface area contributed by atoms with Crippen LogP contribution in [0.5, 0.6) is 0 Å². The van der Waals surface area contributed by atoms with Gasteiger partial charge in [0.2, 0.25) is 0 Å². The fraction of sp³-hybridized carbons (Fsp3) is 0.353. The molecule has 7 nitrogen and oxygen atoms in total. The lowest BCUT2D eigenvalue weighted by Crippen LogP contribution is -2.31. The molecule has 0 saturated carbocycles. The van der Waals surface area contributed by atoms with Gasteiger partial charge in [0.05, 0.1) is 25.8 Å². The van der Waals surface area contributed by atoms with Gasteiger partial charge in [0.15, 0.2) is 5.78 Å². The molecule has 1 aromatic carbocycles. The average Bonchev–Trinajstić information content (AvgIpc) is 2.87. The zero-order chi connectivity index (χ0) is 18.7. The van der Waals surface area contributed by atoms with Gasteiger partial charge in [-0.05, 0) is 31.5 Å². The minimum atomic E-state index is -0.630. The first kappa shape index (κ1) is 19.1. The number of aliphatic hydroxyl groups excluding tert-OH is 1. The Labute approximate surface area is 153 Å². The van der Waals surface area contributed by atoms with Gasteiger partial charge in [-0.15, -0.1) is 0 Å². The van der Waals surface area contributed by atoms with Crippen molar-refractivity contribution in [2.75, 3.05) is 32.1 Å². The Bertz CT molecular complexity index is 773. The lowest BCUT2D eigenvalue weighted by molar-refractivity contribution is -0.136. The molecule has 0 spiro atoms. The zero-order valence-electron chi connectivity index (χ0n) is 14.2. The highest BCUT2D eigenvalue weighted by Crippen LogP contribution is 2.29. The monoisotopic (exact) mass is 410 g/mol. The van der Waals surface area contributed by atoms with Crippen molar-refractivity contribution >= 4 is 39.3 Å². The van der Waals surface area contributed by atoms with E-state index in [1.807, 2.05) is 6.92 Å². The van der Waals surface area contributed by atoms with Crippen molar-refractivity contribution in [3.63, 3.8) is 0 Å². The quantitative estimate of drug-likeness (QED) is 0.546. The number of halogens is 1. The van der Waals surface area contributed by atoms with Crippen molar-refractivity contribution in [2.45, 2.75) is 13.8 Å². The number of rotatable bonds is 6. The van der Waals surface area contributed by atoms with E-state index in [-0.39, 0.29) is 36.7 Å². The molecule has 0 fully saturated rings. The Morgan fingerprint density at radius 2 is 2.08 bits per heavy atom. The lowest BCUT2D eigenvalue weighted by atomic mass is 10.1. The highest BCUT2D eigenvalue weighted by molar-refractivity contribution is 9.10. The van der Waals surface area contributed by atoms with Gasteiger partial charge < -0.3 is 20.1 Å². The summed E-state index contributed by atoms with van der Waals surface area (Å²) in [4.78, 5) is 37.8. The van der Waals surface area contributed by atoms with Gasteiger partial charge in [0, 0.05) is 22.3 Å². The van der Waals surface area contributed by atoms with E-state index in [9.17, 15) is 14.4 Å². The van der Waals surface area contributed by atoms with Crippen LogP contribution in [-0.4, -0.2) is 54.5 Å². The highest BCUT2D eigenvalue weighted by Gasteiger charge is 2.34. The second kappa shape index (κ2) is 7.79. The number of ether oxygens (including phenoxy) is 1. The summed E-state index contributed by atoms with van der Waals surface area (Å²) in [6.07, 6.45) is 0. The van der Waals surface area contributed by atoms with Crippen molar-refractivity contribution in [3.05, 3.63) is 39.0 Å². The number of esters is 1. The summed E-state index contributed by atoms with van der Waals surface area (Å²) < 4.78 is 5.51. The van der Waals surface area contributed by atoms with E-state index >= 15 is 0 Å². The number of carbonyl (C=O) groups is 3. The SMILES string of the molecule is COC(=O)C1=C(Nc2cc(C)c(Br)cc2C(C)=O)C(=O)N(CCO)C1. The van der Waals surface area contributed by atoms with E-state index in [0.717, 1.165) is 10.0 Å². The number of nitrogens with one attached hydrogen (secondary N) is 1. The number of methoxy groups -OCH3 is 1. The second-order valence-corrected chi connectivity index (χ2v) is 6.48. The molecule has 0 saturated heterocycles. The van der Waals surface area contributed by atoms with Crippen LogP contribution in [0.15, 0.2) is 27.9 Å². The molecule has 1 heterocycles. The summed E-state index contributed by atoms with van der Waals surface area (Å²) in [5.41, 5.74) is 1.91. The Hall–Kier alpha value is -2.19. The van der Waals surface area contributed by atoms with Crippen LogP contribution >= 0.6 is 15.9 Å². The molecule has 0 aromatic heterocycles. The minimum absolute atomic E-state index is 0.0410. The number of aryl methyl sites for hydroxylation is 1. The fourth-order valence-corrected chi connectivity index (χ4v) is 2.90. The lowest BCUT2D eigenvalue weighted by Gasteiger charge is -2.16. The molecule has 1 aliphatic rings. The van der Waals surface area contributed by atoms with E-state index in [1.54, 1.807) is 12.1 Å². The number of aliphatic hydroxyl groups is 1. The third kappa shape index (κ3) is 3.91. The van der Waals surface area contributed by atoms with Crippen LogP contribution in [0.2, 0.25) is 0 Å². The summed E-state index contributed by atoms with van der Waals surface area (Å²) in [6.45, 7) is 3.20. The topological polar surface area (TPSA) is 95.9 Å². The van der Waals surface area contributed by atoms with Gasteiger partial charge in [-0.25, -0.2) is 4.79 Å². The highest BCUT2D eigenvalue weighted by atomic mass is 79.9. The molecule has 2 rings (SSSR count). The van der Waals surface area contributed by atoms with Gasteiger partial charge in [0.25, 0.3) is 5.91 Å². The Morgan fingerprint density at radius 1 is 1.40 bits per heavy atom. The number of carbonyl (C=O) groups excluding carboxylic acids is 3. The van der Waals surface area contributed by atoms with Crippen LogP contribution in [-0.2, 0) is 14.3 Å². The predicted octanol–water partition coefficient (Wildman–Crippen LogP) is 1.63. The van der Waals surface area contributed by atoms with Gasteiger partial charge in [-0.2, -0.15) is 0 Å². The van der Waals surface area contributed by atoms with E-state index in [4.69, 9.17) is 9.84 Å². The number of β-amino-alcohol motifs (C(OH)–C–C–N with tert-alkyl or cyclic N) is 1. The van der Waals surface area contributed by atoms with Crippen molar-refractivity contribution in [1.29, 1.82) is 0 Å². The van der Waals surface area contributed by atoms with E-state index in [1.165, 1.54) is 18.9 Å². The second-order valence-electron chi connectivity index (χ2n) is 5.62. The Kier molecular flexibility index (Phi) is 5.97. The van der Waals surface area contributed by atoms with Crippen LogP contribution < -0.4 is 5.32 Å². The number of amides is 1. The van der Waals surface area contributed by atoms with Crippen LogP contribution in [0.4, 0.5) is 5.69 Å². The standard InChI is InChI=1S/C17H19BrN2O5/c1-9-6-14(11(10(2)22)7-13(9)18)19-15-12(17(24)25-3)8-20(4-5-21)16(15)23/h6-7,19,21H,4-5,8H2,1-3H3. The van der Waals surface area contributed by atoms with E-state index in [2.05, 4.69) is 21.2 Å². The molecule has 134 valence electrons. The van der Waals surface area contributed by atoms with Crippen LogP contribution in [0.25, 0.3) is 0 Å². The van der Waals surface area contributed by atoms with Crippen LogP contribution in [0, 0.1) is 6.92 Å². The molecule has 2 N–H and O–H groups in total. The van der Waals surface area contributed by atoms with Crippen molar-refractivity contribution in [2.24, 2.45) is 0 Å². The molecule has 0 bridgehead atoms. The smallest absolute Gasteiger partial charge is 0.337 e. The number of benzene rings is 1. The maximum Gasteiger partial charge on any atom is 0.337 e. The normalized spacial score (nSPS) is 14.1. The molecule has 8 heteroatoms. The van der Waals surface area contributed by atoms with Gasteiger partial charge in [-0.1, -0.05) is 15.9 Å². The van der Waals surface area contributed by atoms with Gasteiger partial charge in [-0.3, -0.25) is 9.59 Å². The largest absolute Gasteiger partial charge is 0.466 e. The molecule has 1 aromatic rings. The maximum atomic E-state index is 12.6. The zero-order valence-corrected chi connectivity index (χ0v) is 15.8. The first-order valence-corrected chi connectivity index (χ1v) is 8.39. The van der Waals surface area contributed by atoms with Gasteiger partial charge in [0.1, 0.15) is 5.70 Å². The van der Waals surface area contributed by atoms with Crippen LogP contribution in [0.1, 0.15) is 22.8 Å². The third-order valence-corrected chi connectivity index (χ3v) is 4.75. The number of ketones is 1. The Morgan fingerprint density at radius 3 is 2.64 bits per heavy atom. The number of hydrogen-bond donors (Lipinski definition) is 2. The molecule has 0 aliphatic carbocycles. The van der Waals surface area contributed by atoms with Crippen molar-refractivity contribution in [3.8, 4) is 0 Å². The first-order chi connectivity index (χ1) is 11.8. The third-order valence-electron chi connectivity index (χ3n) is 3.89. The van der Waals surface area contributed by atoms with Crippen LogP contribution in [0.3, 0.4) is 0 Å². The number of anilines is 1. The molecule has 0 unspecified atom stereocenters. The molecule has 1 amide bonds. The molecule has 0 atom stereocenters. The van der Waals surface area contributed by atoms with E-state index < -0.39 is 11.9 Å².